The standard InChI is InChI=1S/C19H23NO4/c1-11-5-6-15(23-3)18(22)16(11)17-13-10-20(2)8-7-12(13)9-14(21)19(17)24-4/h5-6,9,21-22H,7-8,10H2,1-4H3. The number of aromatic hydroxyl groups is 2. The second kappa shape index (κ2) is 6.24. The molecule has 0 saturated carbocycles. The number of likely N-dealkylation sites (N-methyl/N-ethyl adjacent to an activating group) is 1. The summed E-state index contributed by atoms with van der Waals surface area (Å²) in [6.07, 6.45) is 0.847. The van der Waals surface area contributed by atoms with Crippen molar-refractivity contribution in [3.8, 4) is 34.1 Å². The highest BCUT2D eigenvalue weighted by molar-refractivity contribution is 5.86. The molecule has 0 unspecified atom stereocenters. The Balaban J connectivity index is 2.38. The molecule has 24 heavy (non-hydrogen) atoms. The number of aryl methyl sites for hydroxylation is 1. The van der Waals surface area contributed by atoms with Crippen molar-refractivity contribution in [1.82, 2.24) is 4.90 Å². The van der Waals surface area contributed by atoms with Gasteiger partial charge in [0.15, 0.2) is 23.0 Å². The summed E-state index contributed by atoms with van der Waals surface area (Å²) in [5.74, 6) is 0.948. The molecule has 0 aromatic heterocycles. The first kappa shape index (κ1) is 16.5. The van der Waals surface area contributed by atoms with Crippen LogP contribution in [0.15, 0.2) is 18.2 Å². The van der Waals surface area contributed by atoms with Gasteiger partial charge in [-0.15, -0.1) is 0 Å². The zero-order valence-electron chi connectivity index (χ0n) is 14.5. The lowest BCUT2D eigenvalue weighted by atomic mass is 9.87. The van der Waals surface area contributed by atoms with Crippen LogP contribution in [0.2, 0.25) is 0 Å². The molecule has 3 rings (SSSR count). The van der Waals surface area contributed by atoms with Gasteiger partial charge in [-0.1, -0.05) is 6.07 Å². The molecule has 5 heteroatoms. The van der Waals surface area contributed by atoms with Crippen molar-refractivity contribution in [2.24, 2.45) is 0 Å². The lowest BCUT2D eigenvalue weighted by molar-refractivity contribution is 0.310. The maximum Gasteiger partial charge on any atom is 0.168 e. The normalized spacial score (nSPS) is 14.3. The number of hydrogen-bond acceptors (Lipinski definition) is 5. The molecule has 2 N–H and O–H groups in total. The highest BCUT2D eigenvalue weighted by Gasteiger charge is 2.27. The average molecular weight is 329 g/mol. The van der Waals surface area contributed by atoms with Crippen LogP contribution in [0.4, 0.5) is 0 Å². The van der Waals surface area contributed by atoms with Crippen LogP contribution in [0.3, 0.4) is 0 Å². The summed E-state index contributed by atoms with van der Waals surface area (Å²) in [5.41, 5.74) is 4.45. The number of hydrogen-bond donors (Lipinski definition) is 2. The summed E-state index contributed by atoms with van der Waals surface area (Å²) < 4.78 is 10.8. The number of rotatable bonds is 3. The number of ether oxygens (including phenoxy) is 2. The van der Waals surface area contributed by atoms with Gasteiger partial charge in [-0.3, -0.25) is 0 Å². The predicted molar refractivity (Wildman–Crippen MR) is 93.1 cm³/mol. The van der Waals surface area contributed by atoms with E-state index in [0.29, 0.717) is 17.1 Å². The Bertz CT molecular complexity index is 786. The van der Waals surface area contributed by atoms with E-state index in [1.54, 1.807) is 12.1 Å². The molecular formula is C19H23NO4. The number of methoxy groups -OCH3 is 2. The van der Waals surface area contributed by atoms with E-state index >= 15 is 0 Å². The maximum absolute atomic E-state index is 10.7. The lowest BCUT2D eigenvalue weighted by Gasteiger charge is -2.29. The van der Waals surface area contributed by atoms with E-state index in [1.807, 2.05) is 13.0 Å². The minimum atomic E-state index is 0.0665. The molecule has 2 aromatic carbocycles. The number of nitrogens with zero attached hydrogens (tertiary/aromatic N) is 1. The number of fused-ring (bicyclic) bond motifs is 1. The van der Waals surface area contributed by atoms with Crippen LogP contribution in [0.5, 0.6) is 23.0 Å². The molecule has 0 amide bonds. The molecular weight excluding hydrogens is 306 g/mol. The summed E-state index contributed by atoms with van der Waals surface area (Å²) in [6.45, 7) is 3.59. The molecule has 5 nitrogen and oxygen atoms in total. The van der Waals surface area contributed by atoms with Crippen LogP contribution >= 0.6 is 0 Å². The topological polar surface area (TPSA) is 62.2 Å². The smallest absolute Gasteiger partial charge is 0.168 e. The van der Waals surface area contributed by atoms with Crippen molar-refractivity contribution in [2.75, 3.05) is 27.8 Å². The van der Waals surface area contributed by atoms with E-state index in [1.165, 1.54) is 14.2 Å². The van der Waals surface area contributed by atoms with E-state index in [0.717, 1.165) is 41.8 Å². The second-order valence-corrected chi connectivity index (χ2v) is 6.24. The zero-order chi connectivity index (χ0) is 17.4. The van der Waals surface area contributed by atoms with Crippen molar-refractivity contribution in [3.05, 3.63) is 34.9 Å². The molecule has 1 heterocycles. The second-order valence-electron chi connectivity index (χ2n) is 6.24. The zero-order valence-corrected chi connectivity index (χ0v) is 14.5. The monoisotopic (exact) mass is 329 g/mol. The first-order valence-electron chi connectivity index (χ1n) is 7.95. The molecule has 0 atom stereocenters. The fourth-order valence-electron chi connectivity index (χ4n) is 3.43. The highest BCUT2D eigenvalue weighted by Crippen LogP contribution is 2.49. The third kappa shape index (κ3) is 2.55. The fourth-order valence-corrected chi connectivity index (χ4v) is 3.43. The summed E-state index contributed by atoms with van der Waals surface area (Å²) in [4.78, 5) is 2.22. The van der Waals surface area contributed by atoms with Crippen molar-refractivity contribution in [1.29, 1.82) is 0 Å². The molecule has 0 radical (unpaired) electrons. The van der Waals surface area contributed by atoms with Crippen molar-refractivity contribution in [3.63, 3.8) is 0 Å². The third-order valence-electron chi connectivity index (χ3n) is 4.67. The van der Waals surface area contributed by atoms with Gasteiger partial charge in [0.1, 0.15) is 0 Å². The molecule has 0 bridgehead atoms. The molecule has 0 aliphatic carbocycles. The van der Waals surface area contributed by atoms with Gasteiger partial charge in [0.2, 0.25) is 0 Å². The van der Waals surface area contributed by atoms with Crippen LogP contribution < -0.4 is 9.47 Å². The molecule has 0 fully saturated rings. The van der Waals surface area contributed by atoms with Gasteiger partial charge in [-0.05, 0) is 49.2 Å². The summed E-state index contributed by atoms with van der Waals surface area (Å²) in [6, 6.07) is 5.41. The molecule has 0 saturated heterocycles. The van der Waals surface area contributed by atoms with Crippen molar-refractivity contribution in [2.45, 2.75) is 19.9 Å². The number of benzene rings is 2. The lowest BCUT2D eigenvalue weighted by Crippen LogP contribution is -2.27. The van der Waals surface area contributed by atoms with Gasteiger partial charge in [0.05, 0.1) is 14.2 Å². The van der Waals surface area contributed by atoms with Crippen LogP contribution in [-0.2, 0) is 13.0 Å². The Hall–Kier alpha value is -2.40. The van der Waals surface area contributed by atoms with E-state index in [9.17, 15) is 10.2 Å². The minimum Gasteiger partial charge on any atom is -0.504 e. The van der Waals surface area contributed by atoms with Crippen molar-refractivity contribution < 1.29 is 19.7 Å². The first-order valence-corrected chi connectivity index (χ1v) is 7.95. The van der Waals surface area contributed by atoms with E-state index in [2.05, 4.69) is 11.9 Å². The third-order valence-corrected chi connectivity index (χ3v) is 4.67. The molecule has 128 valence electrons. The highest BCUT2D eigenvalue weighted by atomic mass is 16.5. The van der Waals surface area contributed by atoms with E-state index in [4.69, 9.17) is 9.47 Å². The van der Waals surface area contributed by atoms with Crippen LogP contribution in [0.25, 0.3) is 11.1 Å². The molecule has 0 spiro atoms. The predicted octanol–water partition coefficient (Wildman–Crippen LogP) is 3.08. The largest absolute Gasteiger partial charge is 0.504 e. The number of phenolic OH excluding ortho intramolecular Hbond substituents is 2. The SMILES string of the molecule is COc1ccc(C)c(-c2c3c(cc(O)c2OC)CCN(C)C3)c1O. The van der Waals surface area contributed by atoms with Crippen molar-refractivity contribution >= 4 is 0 Å². The Morgan fingerprint density at radius 1 is 1.08 bits per heavy atom. The average Bonchev–Trinajstić information content (AvgIpc) is 2.55. The van der Waals surface area contributed by atoms with Gasteiger partial charge in [-0.25, -0.2) is 0 Å². The van der Waals surface area contributed by atoms with Gasteiger partial charge < -0.3 is 24.6 Å². The van der Waals surface area contributed by atoms with Gasteiger partial charge in [0.25, 0.3) is 0 Å². The van der Waals surface area contributed by atoms with E-state index in [-0.39, 0.29) is 11.5 Å². The quantitative estimate of drug-likeness (QED) is 0.906. The Morgan fingerprint density at radius 2 is 1.83 bits per heavy atom. The fraction of sp³-hybridized carbons (Fsp3) is 0.368. The number of phenols is 2. The Kier molecular flexibility index (Phi) is 4.28. The van der Waals surface area contributed by atoms with Gasteiger partial charge in [-0.2, -0.15) is 0 Å². The summed E-state index contributed by atoms with van der Waals surface area (Å²) in [5, 5.41) is 21.2. The molecule has 1 aliphatic heterocycles. The summed E-state index contributed by atoms with van der Waals surface area (Å²) >= 11 is 0. The minimum absolute atomic E-state index is 0.0665. The van der Waals surface area contributed by atoms with Crippen LogP contribution in [0.1, 0.15) is 16.7 Å². The van der Waals surface area contributed by atoms with Gasteiger partial charge in [0, 0.05) is 24.2 Å². The Labute approximate surface area is 142 Å². The first-order chi connectivity index (χ1) is 11.5. The van der Waals surface area contributed by atoms with Crippen LogP contribution in [-0.4, -0.2) is 42.9 Å². The molecule has 2 aromatic rings. The Morgan fingerprint density at radius 3 is 2.50 bits per heavy atom. The van der Waals surface area contributed by atoms with Crippen LogP contribution in [0, 0.1) is 6.92 Å². The van der Waals surface area contributed by atoms with Gasteiger partial charge >= 0.3 is 0 Å². The molecule has 1 aliphatic rings. The summed E-state index contributed by atoms with van der Waals surface area (Å²) in [7, 11) is 5.12. The maximum atomic E-state index is 10.7. The van der Waals surface area contributed by atoms with E-state index < -0.39 is 0 Å².